The summed E-state index contributed by atoms with van der Waals surface area (Å²) >= 11 is 0. The van der Waals surface area contributed by atoms with Gasteiger partial charge in [0.2, 0.25) is 5.91 Å². The number of ether oxygens (including phenoxy) is 2. The van der Waals surface area contributed by atoms with E-state index in [0.29, 0.717) is 53.4 Å². The second kappa shape index (κ2) is 13.5. The van der Waals surface area contributed by atoms with Gasteiger partial charge in [-0.3, -0.25) is 14.8 Å². The van der Waals surface area contributed by atoms with Crippen LogP contribution in [0.3, 0.4) is 0 Å². The molecule has 0 bridgehead atoms. The van der Waals surface area contributed by atoms with Crippen LogP contribution in [0.2, 0.25) is 0 Å². The van der Waals surface area contributed by atoms with Crippen molar-refractivity contribution in [3.05, 3.63) is 60.8 Å². The number of carbonyl (C=O) groups excluding carboxylic acids is 1. The summed E-state index contributed by atoms with van der Waals surface area (Å²) in [4.78, 5) is 26.9. The van der Waals surface area contributed by atoms with Crippen molar-refractivity contribution in [2.24, 2.45) is 0 Å². The van der Waals surface area contributed by atoms with Crippen molar-refractivity contribution in [1.82, 2.24) is 30.0 Å². The number of nitrogens with zero attached hydrogens (tertiary/aromatic N) is 5. The van der Waals surface area contributed by atoms with Crippen LogP contribution in [0.1, 0.15) is 26.2 Å². The molecule has 11 heteroatoms. The predicted octanol–water partition coefficient (Wildman–Crippen LogP) is 5.68. The highest BCUT2D eigenvalue weighted by atomic mass is 16.5. The Hall–Kier alpha value is -4.74. The summed E-state index contributed by atoms with van der Waals surface area (Å²) in [6, 6.07) is 18.0. The molecule has 1 fully saturated rings. The highest BCUT2D eigenvalue weighted by molar-refractivity contribution is 5.96. The first kappa shape index (κ1) is 30.3. The standard InChI is InChI=1S/C34H40N8O3/c1-5-7-32(43)36-24-9-6-8-22(16-24)33-38-29-19-30(44-4)31(45-15-14-42-13-12-26(21-42)41(2)3)18-27(29)34(39-33)37-25-10-11-28-23(17-25)20-35-40-28/h6,8-11,16-20,26H,5,7,12-15,21H2,1-4H3,(H,35,40)(H,36,43)(H,37,38,39). The number of hydrogen-bond acceptors (Lipinski definition) is 9. The maximum absolute atomic E-state index is 12.3. The van der Waals surface area contributed by atoms with Gasteiger partial charge in [0.1, 0.15) is 12.4 Å². The molecule has 5 aromatic rings. The zero-order valence-electron chi connectivity index (χ0n) is 26.3. The van der Waals surface area contributed by atoms with E-state index >= 15 is 0 Å². The summed E-state index contributed by atoms with van der Waals surface area (Å²) in [5.41, 5.74) is 3.99. The molecule has 6 rings (SSSR count). The highest BCUT2D eigenvalue weighted by Crippen LogP contribution is 2.37. The number of hydrogen-bond donors (Lipinski definition) is 3. The average Bonchev–Trinajstić information content (AvgIpc) is 3.71. The van der Waals surface area contributed by atoms with Gasteiger partial charge in [-0.1, -0.05) is 19.1 Å². The van der Waals surface area contributed by atoms with Crippen LogP contribution in [0.25, 0.3) is 33.2 Å². The lowest BCUT2D eigenvalue weighted by atomic mass is 10.1. The van der Waals surface area contributed by atoms with E-state index in [0.717, 1.165) is 53.6 Å². The number of amides is 1. The molecule has 234 valence electrons. The van der Waals surface area contributed by atoms with Gasteiger partial charge in [-0.05, 0) is 69.9 Å². The van der Waals surface area contributed by atoms with Crippen molar-refractivity contribution < 1.29 is 14.3 Å². The summed E-state index contributed by atoms with van der Waals surface area (Å²) in [5, 5.41) is 15.4. The molecule has 0 radical (unpaired) electrons. The number of anilines is 3. The molecule has 0 saturated carbocycles. The Bertz CT molecular complexity index is 1800. The normalized spacial score (nSPS) is 15.2. The molecule has 3 aromatic carbocycles. The number of likely N-dealkylation sites (N-methyl/N-ethyl adjacent to an activating group) is 1. The number of fused-ring (bicyclic) bond motifs is 2. The van der Waals surface area contributed by atoms with E-state index in [1.807, 2.05) is 61.5 Å². The van der Waals surface area contributed by atoms with Crippen LogP contribution in [-0.2, 0) is 4.79 Å². The summed E-state index contributed by atoms with van der Waals surface area (Å²) in [5.74, 6) is 2.36. The Kier molecular flexibility index (Phi) is 9.08. The van der Waals surface area contributed by atoms with Gasteiger partial charge in [0.05, 0.1) is 24.3 Å². The molecule has 0 aliphatic carbocycles. The number of benzene rings is 3. The molecule has 45 heavy (non-hydrogen) atoms. The Morgan fingerprint density at radius 2 is 1.98 bits per heavy atom. The third-order valence-corrected chi connectivity index (χ3v) is 8.21. The van der Waals surface area contributed by atoms with E-state index in [4.69, 9.17) is 19.4 Å². The summed E-state index contributed by atoms with van der Waals surface area (Å²) < 4.78 is 12.1. The number of H-pyrrole nitrogens is 1. The van der Waals surface area contributed by atoms with Crippen LogP contribution in [0.15, 0.2) is 60.8 Å². The molecule has 0 spiro atoms. The summed E-state index contributed by atoms with van der Waals surface area (Å²) in [6.45, 7) is 5.46. The summed E-state index contributed by atoms with van der Waals surface area (Å²) in [6.07, 6.45) is 4.20. The number of likely N-dealkylation sites (tertiary alicyclic amines) is 1. The van der Waals surface area contributed by atoms with Crippen LogP contribution >= 0.6 is 0 Å². The lowest BCUT2D eigenvalue weighted by Crippen LogP contribution is -2.33. The first-order valence-corrected chi connectivity index (χ1v) is 15.4. The number of rotatable bonds is 12. The minimum atomic E-state index is -0.0226. The van der Waals surface area contributed by atoms with Gasteiger partial charge < -0.3 is 25.0 Å². The first-order chi connectivity index (χ1) is 21.9. The van der Waals surface area contributed by atoms with E-state index in [2.05, 4.69) is 44.7 Å². The average molecular weight is 609 g/mol. The second-order valence-corrected chi connectivity index (χ2v) is 11.6. The van der Waals surface area contributed by atoms with Crippen LogP contribution in [0.4, 0.5) is 17.2 Å². The number of aromatic nitrogens is 4. The topological polar surface area (TPSA) is 121 Å². The maximum Gasteiger partial charge on any atom is 0.224 e. The molecular formula is C34H40N8O3. The maximum atomic E-state index is 12.3. The van der Waals surface area contributed by atoms with Gasteiger partial charge in [-0.15, -0.1) is 0 Å². The number of methoxy groups -OCH3 is 1. The minimum Gasteiger partial charge on any atom is -0.493 e. The second-order valence-electron chi connectivity index (χ2n) is 11.6. The molecule has 1 aliphatic rings. The fourth-order valence-electron chi connectivity index (χ4n) is 5.70. The number of carbonyl (C=O) groups is 1. The molecule has 3 N–H and O–H groups in total. The van der Waals surface area contributed by atoms with Crippen LogP contribution < -0.4 is 20.1 Å². The van der Waals surface area contributed by atoms with Crippen LogP contribution in [-0.4, -0.2) is 89.4 Å². The number of nitrogens with one attached hydrogen (secondary N) is 3. The van der Waals surface area contributed by atoms with Gasteiger partial charge in [0.15, 0.2) is 17.3 Å². The molecule has 1 atom stereocenters. The Morgan fingerprint density at radius 3 is 2.78 bits per heavy atom. The van der Waals surface area contributed by atoms with E-state index in [1.165, 1.54) is 6.42 Å². The lowest BCUT2D eigenvalue weighted by molar-refractivity contribution is -0.116. The molecule has 1 saturated heterocycles. The molecule has 2 aromatic heterocycles. The highest BCUT2D eigenvalue weighted by Gasteiger charge is 2.24. The Balaban J connectivity index is 1.34. The van der Waals surface area contributed by atoms with E-state index < -0.39 is 0 Å². The SMILES string of the molecule is CCCC(=O)Nc1cccc(-c2nc(Nc3ccc4[nH]ncc4c3)c3cc(OCCN4CCC(N(C)C)C4)c(OC)cc3n2)c1. The van der Waals surface area contributed by atoms with Crippen molar-refractivity contribution in [2.45, 2.75) is 32.2 Å². The van der Waals surface area contributed by atoms with Gasteiger partial charge in [0.25, 0.3) is 0 Å². The molecule has 3 heterocycles. The van der Waals surface area contributed by atoms with Crippen LogP contribution in [0.5, 0.6) is 11.5 Å². The molecular weight excluding hydrogens is 568 g/mol. The third-order valence-electron chi connectivity index (χ3n) is 8.21. The Labute approximate surface area is 262 Å². The molecule has 1 aliphatic heterocycles. The van der Waals surface area contributed by atoms with Gasteiger partial charge in [-0.2, -0.15) is 5.10 Å². The van der Waals surface area contributed by atoms with E-state index in [-0.39, 0.29) is 5.91 Å². The van der Waals surface area contributed by atoms with E-state index in [1.54, 1.807) is 13.3 Å². The third kappa shape index (κ3) is 7.00. The molecule has 1 unspecified atom stereocenters. The van der Waals surface area contributed by atoms with E-state index in [9.17, 15) is 4.79 Å². The first-order valence-electron chi connectivity index (χ1n) is 15.4. The van der Waals surface area contributed by atoms with Crippen molar-refractivity contribution in [2.75, 3.05) is 58.1 Å². The molecule has 1 amide bonds. The zero-order chi connectivity index (χ0) is 31.3. The smallest absolute Gasteiger partial charge is 0.224 e. The van der Waals surface area contributed by atoms with Crippen molar-refractivity contribution in [3.8, 4) is 22.9 Å². The summed E-state index contributed by atoms with van der Waals surface area (Å²) in [7, 11) is 5.91. The van der Waals surface area contributed by atoms with Crippen molar-refractivity contribution in [1.29, 1.82) is 0 Å². The van der Waals surface area contributed by atoms with Crippen LogP contribution in [0, 0.1) is 0 Å². The van der Waals surface area contributed by atoms with Crippen molar-refractivity contribution >= 4 is 44.9 Å². The predicted molar refractivity (Wildman–Crippen MR) is 178 cm³/mol. The quantitative estimate of drug-likeness (QED) is 0.164. The Morgan fingerprint density at radius 1 is 1.09 bits per heavy atom. The minimum absolute atomic E-state index is 0.0226. The largest absolute Gasteiger partial charge is 0.493 e. The fourth-order valence-corrected chi connectivity index (χ4v) is 5.70. The van der Waals surface area contributed by atoms with Gasteiger partial charge in [-0.25, -0.2) is 9.97 Å². The zero-order valence-corrected chi connectivity index (χ0v) is 26.3. The monoisotopic (exact) mass is 608 g/mol. The number of aromatic amines is 1. The van der Waals surface area contributed by atoms with Gasteiger partial charge >= 0.3 is 0 Å². The van der Waals surface area contributed by atoms with Gasteiger partial charge in [0, 0.05) is 59.3 Å². The lowest BCUT2D eigenvalue weighted by Gasteiger charge is -2.21. The fraction of sp³-hybridized carbons (Fsp3) is 0.353. The molecule has 11 nitrogen and oxygen atoms in total. The van der Waals surface area contributed by atoms with Crippen molar-refractivity contribution in [3.63, 3.8) is 0 Å².